The minimum Gasteiger partial charge on any atom is -0.384 e. The van der Waals surface area contributed by atoms with Crippen LogP contribution < -0.4 is 11.1 Å². The van der Waals surface area contributed by atoms with Crippen LogP contribution in [-0.4, -0.2) is 19.1 Å². The molecule has 0 spiro atoms. The minimum absolute atomic E-state index is 0.514. The highest BCUT2D eigenvalue weighted by atomic mass is 19.4. The van der Waals surface area contributed by atoms with Crippen LogP contribution >= 0.6 is 0 Å². The minimum atomic E-state index is -4.47. The van der Waals surface area contributed by atoms with Crippen molar-refractivity contribution < 1.29 is 13.2 Å². The Hall–Kier alpha value is -1.20. The summed E-state index contributed by atoms with van der Waals surface area (Å²) in [4.78, 5) is 0. The Morgan fingerprint density at radius 3 is 2.09 bits per heavy atom. The quantitative estimate of drug-likeness (QED) is 0.416. The highest BCUT2D eigenvalue weighted by Gasteiger charge is 2.32. The van der Waals surface area contributed by atoms with Gasteiger partial charge in [-0.25, -0.2) is 0 Å². The average Bonchev–Trinajstić information content (AvgIpc) is 1.79. The summed E-state index contributed by atoms with van der Waals surface area (Å²) in [6, 6.07) is 0. The van der Waals surface area contributed by atoms with E-state index in [1.54, 1.807) is 0 Å². The molecule has 0 aromatic rings. The Morgan fingerprint density at radius 1 is 1.55 bits per heavy atom. The molecule has 0 rings (SSSR count). The first kappa shape index (κ1) is 9.80. The first-order chi connectivity index (χ1) is 4.88. The van der Waals surface area contributed by atoms with Crippen molar-refractivity contribution in [2.75, 3.05) is 7.05 Å². The van der Waals surface area contributed by atoms with Gasteiger partial charge in [0.05, 0.1) is 0 Å². The maximum Gasteiger partial charge on any atom is 0.431 e. The van der Waals surface area contributed by atoms with E-state index >= 15 is 0 Å². The first-order valence-corrected chi connectivity index (χ1v) is 2.68. The number of hydrogen-bond acceptors (Lipinski definition) is 2. The molecule has 0 amide bonds. The van der Waals surface area contributed by atoms with E-state index in [1.165, 1.54) is 0 Å². The van der Waals surface area contributed by atoms with E-state index in [0.717, 1.165) is 7.05 Å². The molecule has 3 nitrogen and oxygen atoms in total. The molecule has 64 valence electrons. The lowest BCUT2D eigenvalue weighted by molar-refractivity contribution is -0.0959. The maximum absolute atomic E-state index is 11.8. The summed E-state index contributed by atoms with van der Waals surface area (Å²) < 4.78 is 35.4. The van der Waals surface area contributed by atoms with Gasteiger partial charge in [-0.3, -0.25) is 5.41 Å². The molecule has 0 aliphatic rings. The van der Waals surface area contributed by atoms with Crippen LogP contribution in [0.4, 0.5) is 13.2 Å². The third kappa shape index (κ3) is 3.49. The fourth-order valence-electron chi connectivity index (χ4n) is 0.451. The topological polar surface area (TPSA) is 61.9 Å². The molecule has 0 bridgehead atoms. The van der Waals surface area contributed by atoms with Gasteiger partial charge in [-0.05, 0) is 0 Å². The van der Waals surface area contributed by atoms with Crippen molar-refractivity contribution in [3.63, 3.8) is 0 Å². The van der Waals surface area contributed by atoms with Crippen molar-refractivity contribution in [1.29, 1.82) is 5.41 Å². The number of halogens is 3. The molecule has 6 heteroatoms. The molecule has 4 N–H and O–H groups in total. The summed E-state index contributed by atoms with van der Waals surface area (Å²) in [6.07, 6.45) is -3.96. The second-order valence-electron chi connectivity index (χ2n) is 1.76. The number of nitrogens with two attached hydrogens (primary N) is 1. The molecule has 0 heterocycles. The van der Waals surface area contributed by atoms with Gasteiger partial charge in [0.1, 0.15) is 11.5 Å². The van der Waals surface area contributed by atoms with Crippen LogP contribution in [0, 0.1) is 5.41 Å². The predicted molar refractivity (Wildman–Crippen MR) is 35.1 cm³/mol. The van der Waals surface area contributed by atoms with E-state index in [2.05, 4.69) is 0 Å². The lowest BCUT2D eigenvalue weighted by atomic mass is 10.3. The molecule has 0 aromatic carbocycles. The van der Waals surface area contributed by atoms with Crippen molar-refractivity contribution in [3.8, 4) is 0 Å². The van der Waals surface area contributed by atoms with E-state index in [9.17, 15) is 13.2 Å². The zero-order valence-electron chi connectivity index (χ0n) is 5.79. The van der Waals surface area contributed by atoms with Crippen molar-refractivity contribution in [3.05, 3.63) is 11.8 Å². The van der Waals surface area contributed by atoms with Crippen LogP contribution in [0.15, 0.2) is 11.8 Å². The molecule has 0 saturated heterocycles. The largest absolute Gasteiger partial charge is 0.431 e. The lowest BCUT2D eigenvalue weighted by Crippen LogP contribution is -2.25. The van der Waals surface area contributed by atoms with Gasteiger partial charge in [0.25, 0.3) is 0 Å². The fourth-order valence-corrected chi connectivity index (χ4v) is 0.451. The van der Waals surface area contributed by atoms with Gasteiger partial charge in [-0.1, -0.05) is 0 Å². The van der Waals surface area contributed by atoms with Crippen molar-refractivity contribution in [2.24, 2.45) is 5.73 Å². The summed E-state index contributed by atoms with van der Waals surface area (Å²) in [7, 11) is 1.11. The molecule has 0 aromatic heterocycles. The average molecular weight is 167 g/mol. The van der Waals surface area contributed by atoms with Crippen LogP contribution in [0.1, 0.15) is 0 Å². The molecular weight excluding hydrogens is 159 g/mol. The van der Waals surface area contributed by atoms with Gasteiger partial charge in [0.2, 0.25) is 0 Å². The molecule has 0 radical (unpaired) electrons. The SMILES string of the molecule is CN/C(=C\C(=N)N)C(F)(F)F. The second-order valence-corrected chi connectivity index (χ2v) is 1.76. The van der Waals surface area contributed by atoms with E-state index in [-0.39, 0.29) is 0 Å². The maximum atomic E-state index is 11.8. The van der Waals surface area contributed by atoms with Gasteiger partial charge >= 0.3 is 6.18 Å². The Bertz CT molecular complexity index is 182. The van der Waals surface area contributed by atoms with Crippen LogP contribution in [-0.2, 0) is 0 Å². The molecule has 0 aliphatic heterocycles. The highest BCUT2D eigenvalue weighted by Crippen LogP contribution is 2.22. The highest BCUT2D eigenvalue weighted by molar-refractivity contribution is 5.89. The van der Waals surface area contributed by atoms with E-state index in [0.29, 0.717) is 6.08 Å². The molecule has 0 aliphatic carbocycles. The molecule has 0 unspecified atom stereocenters. The summed E-state index contributed by atoms with van der Waals surface area (Å²) in [5.74, 6) is -0.633. The molecule has 0 atom stereocenters. The monoisotopic (exact) mass is 167 g/mol. The number of hydrogen-bond donors (Lipinski definition) is 3. The van der Waals surface area contributed by atoms with Crippen LogP contribution in [0.5, 0.6) is 0 Å². The lowest BCUT2D eigenvalue weighted by Gasteiger charge is -2.09. The van der Waals surface area contributed by atoms with Gasteiger partial charge < -0.3 is 11.1 Å². The molecule has 0 fully saturated rings. The molecule has 0 saturated carbocycles. The number of amidine groups is 1. The standard InChI is InChI=1S/C5H8F3N3/c1-11-3(2-4(9)10)5(6,7)8/h2,11H,1H3,(H3,9,10)/b3-2-. The first-order valence-electron chi connectivity index (χ1n) is 2.68. The van der Waals surface area contributed by atoms with Crippen LogP contribution in [0.2, 0.25) is 0 Å². The molecular formula is C5H8F3N3. The van der Waals surface area contributed by atoms with Gasteiger partial charge in [0.15, 0.2) is 0 Å². The summed E-state index contributed by atoms with van der Waals surface area (Å²) >= 11 is 0. The van der Waals surface area contributed by atoms with Gasteiger partial charge in [-0.2, -0.15) is 13.2 Å². The van der Waals surface area contributed by atoms with Crippen molar-refractivity contribution in [2.45, 2.75) is 6.18 Å². The second kappa shape index (κ2) is 3.27. The fraction of sp³-hybridized carbons (Fsp3) is 0.400. The normalized spacial score (nSPS) is 12.9. The third-order valence-corrected chi connectivity index (χ3v) is 0.875. The summed E-state index contributed by atoms with van der Waals surface area (Å²) in [5.41, 5.74) is 3.71. The van der Waals surface area contributed by atoms with E-state index in [1.807, 2.05) is 5.32 Å². The Kier molecular flexibility index (Phi) is 2.91. The van der Waals surface area contributed by atoms with E-state index in [4.69, 9.17) is 11.1 Å². The van der Waals surface area contributed by atoms with E-state index < -0.39 is 17.7 Å². The van der Waals surface area contributed by atoms with Crippen LogP contribution in [0.25, 0.3) is 0 Å². The van der Waals surface area contributed by atoms with Crippen molar-refractivity contribution >= 4 is 5.84 Å². The summed E-state index contributed by atoms with van der Waals surface area (Å²) in [5, 5.41) is 8.46. The zero-order valence-corrected chi connectivity index (χ0v) is 5.79. The van der Waals surface area contributed by atoms with Gasteiger partial charge in [0, 0.05) is 13.1 Å². The molecule has 11 heavy (non-hydrogen) atoms. The number of allylic oxidation sites excluding steroid dienone is 1. The van der Waals surface area contributed by atoms with Crippen molar-refractivity contribution in [1.82, 2.24) is 5.32 Å². The third-order valence-electron chi connectivity index (χ3n) is 0.875. The summed E-state index contributed by atoms with van der Waals surface area (Å²) in [6.45, 7) is 0. The Morgan fingerprint density at radius 2 is 2.00 bits per heavy atom. The predicted octanol–water partition coefficient (Wildman–Crippen LogP) is 0.588. The number of nitrogens with one attached hydrogen (secondary N) is 2. The Labute approximate surface area is 61.6 Å². The smallest absolute Gasteiger partial charge is 0.384 e. The zero-order chi connectivity index (χ0) is 9.07. The number of rotatable bonds is 2. The number of alkyl halides is 3. The van der Waals surface area contributed by atoms with Crippen LogP contribution in [0.3, 0.4) is 0 Å². The Balaban J connectivity index is 4.54. The van der Waals surface area contributed by atoms with Gasteiger partial charge in [-0.15, -0.1) is 0 Å².